The number of hydrogen-bond donors (Lipinski definition) is 0. The molecule has 20 nitrogen and oxygen atoms in total. The standard InChI is InChI=1S/C21H20FNO2S.C14H16BFO2S.C13H16BrNO2.2B.4O3S.V.W/c1-3-5-19(24)17-11-13(12-18(23-17)20(25)6-4-2)14-7-8-16(22)15-9-10-26-21(14)15;1-13(2)14(3,4)18-15(17-13)10-5-6-11(16)9-7-8-19-12(9)10;1-3-5-12(16)10-7-9(14)8-11(15-10)13(17)6-4-2;;;4*1-4(2)3;;/h7-12H,3-6H2,1-2H3;5-8H,1-4H3;7-8H,3-6H2,1-2H3;;;;;;;;. The van der Waals surface area contributed by atoms with Gasteiger partial charge in [-0.05, 0) is 124 Å². The van der Waals surface area contributed by atoms with Gasteiger partial charge in [-0.2, -0.15) is 0 Å². The van der Waals surface area contributed by atoms with Gasteiger partial charge in [-0.3, -0.25) is 19.2 Å². The van der Waals surface area contributed by atoms with E-state index in [9.17, 15) is 28.0 Å². The second kappa shape index (κ2) is 41.5. The number of Topliss-reactive ketones (excluding diaryl/α,β-unsaturated/α-hetero) is 4. The van der Waals surface area contributed by atoms with Crippen LogP contribution in [0.3, 0.4) is 0 Å². The van der Waals surface area contributed by atoms with E-state index in [1.165, 1.54) is 34.8 Å². The largest absolute Gasteiger partial charge is 0.496 e. The van der Waals surface area contributed by atoms with Crippen LogP contribution in [0.15, 0.2) is 75.9 Å². The molecule has 2 aromatic carbocycles. The number of halogens is 3. The Balaban J connectivity index is -0.000000487. The van der Waals surface area contributed by atoms with Crippen LogP contribution in [0.4, 0.5) is 8.78 Å². The average molecular weight is 1520 g/mol. The van der Waals surface area contributed by atoms with Gasteiger partial charge in [0.15, 0.2) is 23.1 Å². The van der Waals surface area contributed by atoms with Crippen LogP contribution in [0.2, 0.25) is 0 Å². The number of thiophene rings is 2. The summed E-state index contributed by atoms with van der Waals surface area (Å²) in [6.07, 6.45) is 4.70. The first-order valence-corrected chi connectivity index (χ1v) is 29.5. The van der Waals surface area contributed by atoms with Crippen LogP contribution in [-0.4, -0.2) is 119 Å². The van der Waals surface area contributed by atoms with Crippen LogP contribution in [0.5, 0.6) is 0 Å². The monoisotopic (exact) mass is 1520 g/mol. The van der Waals surface area contributed by atoms with Gasteiger partial charge >= 0.3 is 49.6 Å². The molecule has 0 atom stereocenters. The molecule has 1 saturated heterocycles. The molecule has 6 aromatic rings. The number of benzene rings is 2. The summed E-state index contributed by atoms with van der Waals surface area (Å²) in [7, 11) is -12.9. The van der Waals surface area contributed by atoms with Gasteiger partial charge in [-0.15, -0.1) is 73.2 Å². The molecule has 82 heavy (non-hydrogen) atoms. The van der Waals surface area contributed by atoms with Crippen LogP contribution >= 0.6 is 38.6 Å². The molecule has 1 fully saturated rings. The number of fused-ring (bicyclic) bond motifs is 2. The molecular formula is C48H52B3BrF2N2O18S6VW. The first-order valence-electron chi connectivity index (χ1n) is 22.9. The van der Waals surface area contributed by atoms with Crippen molar-refractivity contribution in [2.45, 2.75) is 118 Å². The van der Waals surface area contributed by atoms with E-state index in [0.717, 1.165) is 43.3 Å². The second-order valence-corrected chi connectivity index (χ2v) is 21.2. The zero-order valence-electron chi connectivity index (χ0n) is 45.0. The van der Waals surface area contributed by atoms with Gasteiger partial charge in [0, 0.05) is 112 Å². The van der Waals surface area contributed by atoms with E-state index >= 15 is 0 Å². The minimum Gasteiger partial charge on any atom is -0.399 e. The maximum Gasteiger partial charge on any atom is 0.496 e. The summed E-state index contributed by atoms with van der Waals surface area (Å²) in [6, 6.07) is 16.7. The van der Waals surface area contributed by atoms with Gasteiger partial charge in [0.25, 0.3) is 0 Å². The number of aromatic nitrogens is 2. The molecule has 34 heteroatoms. The van der Waals surface area contributed by atoms with Crippen LogP contribution < -0.4 is 5.46 Å². The zero-order chi connectivity index (χ0) is 59.7. The van der Waals surface area contributed by atoms with Gasteiger partial charge in [-0.25, -0.2) is 18.7 Å². The summed E-state index contributed by atoms with van der Waals surface area (Å²) < 4.78 is 144. The fraction of sp³-hybridized carbons (Fsp3) is 0.375. The molecule has 7 rings (SSSR count). The normalized spacial score (nSPS) is 11.7. The number of nitrogens with zero attached hydrogens (tertiary/aromatic N) is 2. The molecule has 0 unspecified atom stereocenters. The summed E-state index contributed by atoms with van der Waals surface area (Å²) in [6.45, 7) is 15.8. The van der Waals surface area contributed by atoms with E-state index in [2.05, 4.69) is 25.9 Å². The molecule has 5 heterocycles. The Morgan fingerprint density at radius 3 is 1.15 bits per heavy atom. The molecule has 4 aromatic heterocycles. The van der Waals surface area contributed by atoms with Crippen molar-refractivity contribution in [1.29, 1.82) is 0 Å². The van der Waals surface area contributed by atoms with E-state index in [1.807, 2.05) is 66.2 Å². The number of rotatable bonds is 14. The van der Waals surface area contributed by atoms with Crippen molar-refractivity contribution in [3.8, 4) is 11.1 Å². The Hall–Kier alpha value is -4.45. The fourth-order valence-electron chi connectivity index (χ4n) is 6.64. The molecule has 1 aliphatic heterocycles. The maximum absolute atomic E-state index is 14.0. The first-order chi connectivity index (χ1) is 36.4. The Kier molecular flexibility index (Phi) is 42.6. The number of carbonyl (C=O) groups is 4. The minimum atomic E-state index is -3.11. The molecule has 439 valence electrons. The second-order valence-electron chi connectivity index (χ2n) is 16.8. The smallest absolute Gasteiger partial charge is 0.399 e. The van der Waals surface area contributed by atoms with Crippen LogP contribution in [-0.2, 0) is 91.4 Å². The van der Waals surface area contributed by atoms with E-state index in [4.69, 9.17) is 59.8 Å². The van der Waals surface area contributed by atoms with Crippen molar-refractivity contribution in [3.05, 3.63) is 110 Å². The molecule has 0 N–H and O–H groups in total. The van der Waals surface area contributed by atoms with E-state index in [0.29, 0.717) is 72.1 Å². The maximum atomic E-state index is 14.0. The SMILES string of the molecule is CC1(C)OB(c2ccc(F)c3ccsc23)OC1(C)C.CCCC(=O)c1cc(-c2ccc(F)c3ccsc23)cc(C(=O)CCC)n1.CCCC(=O)c1cc(Br)cc(C(=O)CCC)n1.O=S(=O)=O.O=S(=O)=O.O=S(=O)=O.O=S(=O)=O.[B].[B].[V].[W]. The van der Waals surface area contributed by atoms with Crippen molar-refractivity contribution in [3.63, 3.8) is 0 Å². The topological polar surface area (TPSA) is 317 Å². The number of pyridine rings is 2. The van der Waals surface area contributed by atoms with Gasteiger partial charge < -0.3 is 9.31 Å². The van der Waals surface area contributed by atoms with Crippen molar-refractivity contribution in [1.82, 2.24) is 9.97 Å². The Morgan fingerprint density at radius 1 is 0.524 bits per heavy atom. The summed E-state index contributed by atoms with van der Waals surface area (Å²) >= 11 is 6.26. The summed E-state index contributed by atoms with van der Waals surface area (Å²) in [5.41, 5.74) is 3.05. The molecule has 1 aliphatic rings. The first kappa shape index (κ1) is 84.0. The molecular weight excluding hydrogens is 1470 g/mol. The van der Waals surface area contributed by atoms with E-state index in [1.54, 1.807) is 48.5 Å². The summed E-state index contributed by atoms with van der Waals surface area (Å²) in [5.74, 6) is -0.660. The molecule has 7 radical (unpaired) electrons. The van der Waals surface area contributed by atoms with Gasteiger partial charge in [0.2, 0.25) is 0 Å². The molecule has 0 spiro atoms. The van der Waals surface area contributed by atoms with Crippen LogP contribution in [0.25, 0.3) is 31.3 Å². The van der Waals surface area contributed by atoms with Crippen molar-refractivity contribution < 1.29 is 127 Å². The van der Waals surface area contributed by atoms with Crippen molar-refractivity contribution >= 4 is 154 Å². The Labute approximate surface area is 526 Å². The van der Waals surface area contributed by atoms with Crippen molar-refractivity contribution in [2.24, 2.45) is 0 Å². The van der Waals surface area contributed by atoms with Crippen molar-refractivity contribution in [2.75, 3.05) is 0 Å². The van der Waals surface area contributed by atoms with Gasteiger partial charge in [0.05, 0.1) is 11.2 Å². The summed E-state index contributed by atoms with van der Waals surface area (Å²) in [5, 5.41) is 4.91. The molecule has 0 amide bonds. The summed E-state index contributed by atoms with van der Waals surface area (Å²) in [4.78, 5) is 56.7. The number of hydrogen-bond acceptors (Lipinski definition) is 22. The van der Waals surface area contributed by atoms with E-state index < -0.39 is 49.6 Å². The molecule has 0 aliphatic carbocycles. The molecule has 0 bridgehead atoms. The molecule has 0 saturated carbocycles. The Bertz CT molecular complexity index is 3360. The number of ketones is 4. The quantitative estimate of drug-likeness (QED) is 0.0729. The number of carbonyl (C=O) groups excluding carboxylic acids is 4. The predicted molar refractivity (Wildman–Crippen MR) is 302 cm³/mol. The third kappa shape index (κ3) is 28.9. The average Bonchev–Trinajstić information content (AvgIpc) is 4.08. The third-order valence-corrected chi connectivity index (χ3v) is 13.0. The van der Waals surface area contributed by atoms with Crippen LogP contribution in [0.1, 0.15) is 149 Å². The minimum absolute atomic E-state index is 0. The predicted octanol–water partition coefficient (Wildman–Crippen LogP) is 8.43. The van der Waals surface area contributed by atoms with E-state index in [-0.39, 0.29) is 102 Å². The fourth-order valence-corrected chi connectivity index (χ4v) is 8.95. The van der Waals surface area contributed by atoms with Gasteiger partial charge in [0.1, 0.15) is 34.4 Å². The zero-order valence-corrected chi connectivity index (χ0v) is 55.8. The van der Waals surface area contributed by atoms with Crippen LogP contribution in [0, 0.1) is 11.6 Å². The Morgan fingerprint density at radius 2 is 0.817 bits per heavy atom. The third-order valence-electron chi connectivity index (χ3n) is 10.6. The van der Waals surface area contributed by atoms with Gasteiger partial charge in [-0.1, -0.05) is 55.8 Å².